The molecule has 0 atom stereocenters. The Balaban J connectivity index is 3.62. The number of hydrogen-bond donors (Lipinski definition) is 0. The Morgan fingerprint density at radius 2 is 1.60 bits per heavy atom. The molecule has 0 saturated carbocycles. The normalized spacial score (nSPS) is 13.7. The van der Waals surface area contributed by atoms with Crippen molar-refractivity contribution in [3.05, 3.63) is 16.4 Å². The number of hydrogen-bond acceptors (Lipinski definition) is 2. The molecule has 1 heterocycles. The van der Waals surface area contributed by atoms with Crippen LogP contribution in [0.25, 0.3) is 0 Å². The van der Waals surface area contributed by atoms with E-state index in [2.05, 4.69) is 5.10 Å². The number of nitrogens with zero attached hydrogens (tertiary/aromatic N) is 2. The van der Waals surface area contributed by atoms with Crippen LogP contribution >= 0.6 is 11.6 Å². The molecule has 1 aromatic rings. The first kappa shape index (κ1) is 16.7. The first-order valence-electron chi connectivity index (χ1n) is 4.84. The first-order valence-corrected chi connectivity index (χ1v) is 5.21. The highest BCUT2D eigenvalue weighted by Gasteiger charge is 2.75. The summed E-state index contributed by atoms with van der Waals surface area (Å²) in [6.07, 6.45) is -6.53. The minimum absolute atomic E-state index is 0.267. The molecule has 0 fully saturated rings. The van der Waals surface area contributed by atoms with E-state index in [4.69, 9.17) is 11.6 Å². The molecule has 0 aliphatic carbocycles. The Morgan fingerprint density at radius 1 is 1.15 bits per heavy atom. The van der Waals surface area contributed by atoms with Gasteiger partial charge in [-0.3, -0.25) is 4.79 Å². The van der Waals surface area contributed by atoms with Gasteiger partial charge in [-0.05, 0) is 6.92 Å². The molecule has 0 amide bonds. The molecule has 0 N–H and O–H groups in total. The van der Waals surface area contributed by atoms with Gasteiger partial charge in [0.05, 0.1) is 10.7 Å². The Labute approximate surface area is 112 Å². The predicted molar refractivity (Wildman–Crippen MR) is 53.2 cm³/mol. The van der Waals surface area contributed by atoms with E-state index in [1.807, 2.05) is 0 Å². The summed E-state index contributed by atoms with van der Waals surface area (Å²) in [7, 11) is 0. The molecule has 0 radical (unpaired) electrons. The molecule has 0 saturated heterocycles. The second kappa shape index (κ2) is 4.61. The average Bonchev–Trinajstić information content (AvgIpc) is 2.54. The van der Waals surface area contributed by atoms with Crippen molar-refractivity contribution in [1.29, 1.82) is 0 Å². The summed E-state index contributed by atoms with van der Waals surface area (Å²) in [6.45, 7) is 1.64. The van der Waals surface area contributed by atoms with Crippen LogP contribution in [0.2, 0.25) is 5.02 Å². The fourth-order valence-corrected chi connectivity index (χ4v) is 1.57. The number of carbonyl (C=O) groups excluding carboxylic acids is 1. The van der Waals surface area contributed by atoms with E-state index < -0.39 is 40.3 Å². The molecule has 20 heavy (non-hydrogen) atoms. The molecule has 0 spiro atoms. The second-order valence-corrected chi connectivity index (χ2v) is 4.20. The van der Waals surface area contributed by atoms with E-state index in [9.17, 15) is 35.5 Å². The molecule has 0 aliphatic rings. The monoisotopic (exact) mass is 326 g/mol. The molecule has 0 aromatic carbocycles. The van der Waals surface area contributed by atoms with Crippen molar-refractivity contribution in [3.8, 4) is 0 Å². The quantitative estimate of drug-likeness (QED) is 0.775. The molecular formula is C9H6ClF7N2O. The van der Waals surface area contributed by atoms with Gasteiger partial charge in [0.2, 0.25) is 5.91 Å². The van der Waals surface area contributed by atoms with Crippen LogP contribution in [0.4, 0.5) is 30.7 Å². The molecule has 11 heteroatoms. The van der Waals surface area contributed by atoms with E-state index >= 15 is 0 Å². The van der Waals surface area contributed by atoms with Crippen LogP contribution in [0.1, 0.15) is 23.1 Å². The van der Waals surface area contributed by atoms with Crippen LogP contribution in [-0.2, 0) is 5.92 Å². The number of halogens is 8. The van der Waals surface area contributed by atoms with Gasteiger partial charge in [0.25, 0.3) is 0 Å². The van der Waals surface area contributed by atoms with E-state index in [1.165, 1.54) is 0 Å². The summed E-state index contributed by atoms with van der Waals surface area (Å²) in [6, 6.07) is 0. The molecule has 0 aliphatic heterocycles. The zero-order valence-corrected chi connectivity index (χ0v) is 10.6. The maximum absolute atomic E-state index is 13.6. The number of aromatic nitrogens is 2. The van der Waals surface area contributed by atoms with Crippen LogP contribution in [0.5, 0.6) is 0 Å². The molecule has 114 valence electrons. The fraction of sp³-hybridized carbons (Fsp3) is 0.556. The Hall–Kier alpha value is -1.32. The third-order valence-electron chi connectivity index (χ3n) is 2.33. The van der Waals surface area contributed by atoms with Crippen molar-refractivity contribution in [1.82, 2.24) is 9.78 Å². The van der Waals surface area contributed by atoms with Gasteiger partial charge in [-0.15, -0.1) is 0 Å². The molecular weight excluding hydrogens is 321 g/mol. The van der Waals surface area contributed by atoms with Gasteiger partial charge in [0, 0.05) is 6.92 Å². The van der Waals surface area contributed by atoms with E-state index in [0.717, 1.165) is 6.92 Å². The summed E-state index contributed by atoms with van der Waals surface area (Å²) >= 11 is 5.28. The van der Waals surface area contributed by atoms with Gasteiger partial charge in [-0.2, -0.15) is 40.5 Å². The van der Waals surface area contributed by atoms with Gasteiger partial charge in [0.15, 0.2) is 0 Å². The summed E-state index contributed by atoms with van der Waals surface area (Å²) in [5.41, 5.74) is -2.47. The van der Waals surface area contributed by atoms with Gasteiger partial charge in [-0.1, -0.05) is 11.6 Å². The largest absolute Gasteiger partial charge is 0.460 e. The van der Waals surface area contributed by atoms with Crippen LogP contribution in [0, 0.1) is 6.92 Å². The van der Waals surface area contributed by atoms with Crippen LogP contribution in [0.15, 0.2) is 0 Å². The summed E-state index contributed by atoms with van der Waals surface area (Å²) in [5, 5.41) is 2.00. The lowest BCUT2D eigenvalue weighted by molar-refractivity contribution is -0.360. The lowest BCUT2D eigenvalue weighted by atomic mass is 10.1. The molecule has 0 bridgehead atoms. The summed E-state index contributed by atoms with van der Waals surface area (Å²) < 4.78 is 89.0. The van der Waals surface area contributed by atoms with Crippen LogP contribution < -0.4 is 0 Å². The molecule has 0 unspecified atom stereocenters. The van der Waals surface area contributed by atoms with Crippen molar-refractivity contribution < 1.29 is 35.5 Å². The van der Waals surface area contributed by atoms with Crippen molar-refractivity contribution in [2.75, 3.05) is 0 Å². The van der Waals surface area contributed by atoms with Gasteiger partial charge < -0.3 is 0 Å². The van der Waals surface area contributed by atoms with Gasteiger partial charge in [-0.25, -0.2) is 0 Å². The Kier molecular flexibility index (Phi) is 3.85. The van der Waals surface area contributed by atoms with Gasteiger partial charge >= 0.3 is 18.0 Å². The third-order valence-corrected chi connectivity index (χ3v) is 2.79. The molecule has 1 aromatic heterocycles. The predicted octanol–water partition coefficient (Wildman–Crippen LogP) is 3.79. The molecule has 3 nitrogen and oxygen atoms in total. The van der Waals surface area contributed by atoms with Crippen molar-refractivity contribution in [2.24, 2.45) is 0 Å². The summed E-state index contributed by atoms with van der Waals surface area (Å²) in [5.74, 6) is -13.5. The third kappa shape index (κ3) is 2.25. The maximum atomic E-state index is 13.6. The standard InChI is InChI=1S/C9H6ClF7N2O/c1-3-5(10)6(19(18-3)4(2)20)7(11,12)8(13,14)9(15,16)17/h1-2H3. The van der Waals surface area contributed by atoms with E-state index in [-0.39, 0.29) is 4.68 Å². The van der Waals surface area contributed by atoms with Crippen LogP contribution in [-0.4, -0.2) is 27.8 Å². The topological polar surface area (TPSA) is 34.9 Å². The number of carbonyl (C=O) groups is 1. The lowest BCUT2D eigenvalue weighted by Gasteiger charge is -2.28. The lowest BCUT2D eigenvalue weighted by Crippen LogP contribution is -2.51. The highest BCUT2D eigenvalue weighted by molar-refractivity contribution is 6.32. The van der Waals surface area contributed by atoms with Crippen molar-refractivity contribution in [2.45, 2.75) is 31.9 Å². The highest BCUT2D eigenvalue weighted by Crippen LogP contribution is 2.53. The minimum atomic E-state index is -6.53. The average molecular weight is 327 g/mol. The number of alkyl halides is 7. The van der Waals surface area contributed by atoms with Crippen molar-refractivity contribution >= 4 is 17.5 Å². The number of aryl methyl sites for hydroxylation is 1. The highest BCUT2D eigenvalue weighted by atomic mass is 35.5. The first-order chi connectivity index (χ1) is 8.75. The Morgan fingerprint density at radius 3 is 1.95 bits per heavy atom. The maximum Gasteiger partial charge on any atom is 0.460 e. The summed E-state index contributed by atoms with van der Waals surface area (Å²) in [4.78, 5) is 11.0. The van der Waals surface area contributed by atoms with E-state index in [0.29, 0.717) is 6.92 Å². The van der Waals surface area contributed by atoms with E-state index in [1.54, 1.807) is 0 Å². The van der Waals surface area contributed by atoms with Gasteiger partial charge in [0.1, 0.15) is 5.69 Å². The minimum Gasteiger partial charge on any atom is -0.273 e. The van der Waals surface area contributed by atoms with Crippen molar-refractivity contribution in [3.63, 3.8) is 0 Å². The zero-order valence-electron chi connectivity index (χ0n) is 9.83. The SMILES string of the molecule is CC(=O)n1nc(C)c(Cl)c1C(F)(F)C(F)(F)C(F)(F)F. The fourth-order valence-electron chi connectivity index (χ4n) is 1.33. The molecule has 1 rings (SSSR count). The number of rotatable bonds is 2. The zero-order chi connectivity index (χ0) is 16.1. The second-order valence-electron chi connectivity index (χ2n) is 3.83. The smallest absolute Gasteiger partial charge is 0.273 e. The van der Waals surface area contributed by atoms with Crippen LogP contribution in [0.3, 0.4) is 0 Å². The Bertz CT molecular complexity index is 549.